The van der Waals surface area contributed by atoms with Crippen molar-refractivity contribution in [3.63, 3.8) is 0 Å². The topological polar surface area (TPSA) is 65.8 Å². The van der Waals surface area contributed by atoms with Gasteiger partial charge in [-0.2, -0.15) is 0 Å². The minimum absolute atomic E-state index is 0.0568. The molecule has 1 saturated heterocycles. The molecule has 1 aromatic heterocycles. The summed E-state index contributed by atoms with van der Waals surface area (Å²) in [7, 11) is 0. The molecule has 150 valence electrons. The van der Waals surface area contributed by atoms with Gasteiger partial charge in [0.1, 0.15) is 5.58 Å². The van der Waals surface area contributed by atoms with E-state index in [1.54, 1.807) is 24.3 Å². The van der Waals surface area contributed by atoms with E-state index in [0.29, 0.717) is 17.5 Å². The van der Waals surface area contributed by atoms with Gasteiger partial charge in [-0.3, -0.25) is 19.4 Å². The standard InChI is InChI=1S/C23H25N3O3/c27-20-16-22(29-21-9-5-4-8-19(20)21)23(28)24-10-11-25-12-14-26(15-13-25)17-18-6-2-1-3-7-18/h1-9,16H,10-15,17H2,(H,24,28). The van der Waals surface area contributed by atoms with Crippen LogP contribution >= 0.6 is 0 Å². The number of carbonyl (C=O) groups excluding carboxylic acids is 1. The van der Waals surface area contributed by atoms with Gasteiger partial charge < -0.3 is 9.73 Å². The SMILES string of the molecule is O=C(NCCN1CCN(Cc2ccccc2)CC1)c1cc(=O)c2ccccc2o1. The second kappa shape index (κ2) is 9.03. The first-order chi connectivity index (χ1) is 14.2. The molecule has 6 nitrogen and oxygen atoms in total. The van der Waals surface area contributed by atoms with Gasteiger partial charge in [-0.05, 0) is 17.7 Å². The van der Waals surface area contributed by atoms with Crippen molar-refractivity contribution in [3.05, 3.63) is 82.2 Å². The largest absolute Gasteiger partial charge is 0.451 e. The number of carbonyl (C=O) groups is 1. The van der Waals surface area contributed by atoms with Crippen molar-refractivity contribution in [3.8, 4) is 0 Å². The number of rotatable bonds is 6. The summed E-state index contributed by atoms with van der Waals surface area (Å²) in [5.74, 6) is -0.294. The van der Waals surface area contributed by atoms with Gasteiger partial charge in [-0.1, -0.05) is 42.5 Å². The molecule has 4 rings (SSSR count). The average Bonchev–Trinajstić information content (AvgIpc) is 2.75. The van der Waals surface area contributed by atoms with Crippen LogP contribution in [0.3, 0.4) is 0 Å². The summed E-state index contributed by atoms with van der Waals surface area (Å²) < 4.78 is 5.59. The molecule has 0 bridgehead atoms. The Morgan fingerprint density at radius 2 is 1.62 bits per heavy atom. The molecule has 0 unspecified atom stereocenters. The van der Waals surface area contributed by atoms with Gasteiger partial charge >= 0.3 is 0 Å². The molecule has 1 fully saturated rings. The lowest BCUT2D eigenvalue weighted by molar-refractivity contribution is 0.0908. The van der Waals surface area contributed by atoms with Crippen molar-refractivity contribution in [1.82, 2.24) is 15.1 Å². The van der Waals surface area contributed by atoms with E-state index in [0.717, 1.165) is 39.3 Å². The molecule has 0 spiro atoms. The molecule has 1 amide bonds. The van der Waals surface area contributed by atoms with Gasteiger partial charge in [-0.15, -0.1) is 0 Å². The third-order valence-corrected chi connectivity index (χ3v) is 5.29. The second-order valence-corrected chi connectivity index (χ2v) is 7.33. The van der Waals surface area contributed by atoms with Gasteiger partial charge in [0.05, 0.1) is 5.39 Å². The fourth-order valence-electron chi connectivity index (χ4n) is 3.64. The average molecular weight is 391 g/mol. The van der Waals surface area contributed by atoms with Crippen molar-refractivity contribution < 1.29 is 9.21 Å². The van der Waals surface area contributed by atoms with Crippen LogP contribution in [0, 0.1) is 0 Å². The van der Waals surface area contributed by atoms with E-state index in [2.05, 4.69) is 39.4 Å². The number of piperazine rings is 1. The van der Waals surface area contributed by atoms with Crippen molar-refractivity contribution >= 4 is 16.9 Å². The first kappa shape index (κ1) is 19.4. The third kappa shape index (κ3) is 4.91. The number of nitrogens with one attached hydrogen (secondary N) is 1. The van der Waals surface area contributed by atoms with Gasteiger partial charge in [0, 0.05) is 51.9 Å². The van der Waals surface area contributed by atoms with E-state index >= 15 is 0 Å². The zero-order valence-electron chi connectivity index (χ0n) is 16.3. The molecule has 29 heavy (non-hydrogen) atoms. The summed E-state index contributed by atoms with van der Waals surface area (Å²) >= 11 is 0. The maximum absolute atomic E-state index is 12.4. The number of nitrogens with zero attached hydrogens (tertiary/aromatic N) is 2. The van der Waals surface area contributed by atoms with Gasteiger partial charge in [-0.25, -0.2) is 0 Å². The Labute approximate surface area is 169 Å². The van der Waals surface area contributed by atoms with Crippen LogP contribution in [-0.2, 0) is 6.54 Å². The fraction of sp³-hybridized carbons (Fsp3) is 0.304. The van der Waals surface area contributed by atoms with Crippen LogP contribution in [0.15, 0.2) is 69.9 Å². The van der Waals surface area contributed by atoms with Crippen molar-refractivity contribution in [1.29, 1.82) is 0 Å². The summed E-state index contributed by atoms with van der Waals surface area (Å²) in [6.45, 7) is 6.27. The Morgan fingerprint density at radius 1 is 0.931 bits per heavy atom. The second-order valence-electron chi connectivity index (χ2n) is 7.33. The van der Waals surface area contributed by atoms with E-state index in [4.69, 9.17) is 4.42 Å². The van der Waals surface area contributed by atoms with Gasteiger partial charge in [0.25, 0.3) is 5.91 Å². The quantitative estimate of drug-likeness (QED) is 0.699. The molecule has 6 heteroatoms. The molecular weight excluding hydrogens is 366 g/mol. The van der Waals surface area contributed by atoms with E-state index in [-0.39, 0.29) is 17.1 Å². The molecule has 2 heterocycles. The monoisotopic (exact) mass is 391 g/mol. The Balaban J connectivity index is 1.24. The van der Waals surface area contributed by atoms with Crippen LogP contribution < -0.4 is 10.7 Å². The lowest BCUT2D eigenvalue weighted by Crippen LogP contribution is -2.48. The highest BCUT2D eigenvalue weighted by Crippen LogP contribution is 2.12. The fourth-order valence-corrected chi connectivity index (χ4v) is 3.64. The molecule has 1 N–H and O–H groups in total. The number of para-hydroxylation sites is 1. The number of amides is 1. The zero-order chi connectivity index (χ0) is 20.1. The van der Waals surface area contributed by atoms with E-state index in [1.165, 1.54) is 11.6 Å². The van der Waals surface area contributed by atoms with Crippen LogP contribution in [0.1, 0.15) is 16.1 Å². The third-order valence-electron chi connectivity index (χ3n) is 5.29. The first-order valence-electron chi connectivity index (χ1n) is 9.99. The Morgan fingerprint density at radius 3 is 2.41 bits per heavy atom. The Bertz CT molecular complexity index is 1020. The first-order valence-corrected chi connectivity index (χ1v) is 9.99. The smallest absolute Gasteiger partial charge is 0.287 e. The van der Waals surface area contributed by atoms with Crippen molar-refractivity contribution in [2.45, 2.75) is 6.54 Å². The molecule has 0 saturated carbocycles. The summed E-state index contributed by atoms with van der Waals surface area (Å²) in [6.07, 6.45) is 0. The summed E-state index contributed by atoms with van der Waals surface area (Å²) in [5.41, 5.74) is 1.57. The van der Waals surface area contributed by atoms with E-state index < -0.39 is 0 Å². The predicted molar refractivity (Wildman–Crippen MR) is 113 cm³/mol. The lowest BCUT2D eigenvalue weighted by Gasteiger charge is -2.34. The van der Waals surface area contributed by atoms with E-state index in [9.17, 15) is 9.59 Å². The number of fused-ring (bicyclic) bond motifs is 1. The van der Waals surface area contributed by atoms with Crippen molar-refractivity contribution in [2.75, 3.05) is 39.3 Å². The Kier molecular flexibility index (Phi) is 6.03. The van der Waals surface area contributed by atoms with Crippen LogP contribution in [0.2, 0.25) is 0 Å². The minimum Gasteiger partial charge on any atom is -0.451 e. The molecule has 1 aliphatic heterocycles. The molecule has 3 aromatic rings. The summed E-state index contributed by atoms with van der Waals surface area (Å²) in [6, 6.07) is 18.7. The predicted octanol–water partition coefficient (Wildman–Crippen LogP) is 2.34. The van der Waals surface area contributed by atoms with Gasteiger partial charge in [0.2, 0.25) is 0 Å². The highest BCUT2D eigenvalue weighted by molar-refractivity contribution is 5.93. The minimum atomic E-state index is -0.351. The lowest BCUT2D eigenvalue weighted by atomic mass is 10.2. The van der Waals surface area contributed by atoms with E-state index in [1.807, 2.05) is 6.07 Å². The number of hydrogen-bond acceptors (Lipinski definition) is 5. The molecule has 0 atom stereocenters. The molecular formula is C23H25N3O3. The molecule has 0 radical (unpaired) electrons. The highest BCUT2D eigenvalue weighted by Gasteiger charge is 2.17. The molecule has 0 aliphatic carbocycles. The summed E-state index contributed by atoms with van der Waals surface area (Å²) in [4.78, 5) is 29.3. The van der Waals surface area contributed by atoms with Crippen LogP contribution in [0.5, 0.6) is 0 Å². The normalized spacial score (nSPS) is 15.4. The maximum Gasteiger partial charge on any atom is 0.287 e. The number of hydrogen-bond donors (Lipinski definition) is 1. The highest BCUT2D eigenvalue weighted by atomic mass is 16.3. The zero-order valence-corrected chi connectivity index (χ0v) is 16.3. The van der Waals surface area contributed by atoms with Crippen LogP contribution in [0.4, 0.5) is 0 Å². The van der Waals surface area contributed by atoms with Crippen molar-refractivity contribution in [2.24, 2.45) is 0 Å². The van der Waals surface area contributed by atoms with Gasteiger partial charge in [0.15, 0.2) is 11.2 Å². The maximum atomic E-state index is 12.4. The Hall–Kier alpha value is -2.96. The number of benzene rings is 2. The molecule has 2 aromatic carbocycles. The molecule has 1 aliphatic rings. The van der Waals surface area contributed by atoms with Crippen LogP contribution in [-0.4, -0.2) is 55.0 Å². The summed E-state index contributed by atoms with van der Waals surface area (Å²) in [5, 5.41) is 3.35. The van der Waals surface area contributed by atoms with Crippen LogP contribution in [0.25, 0.3) is 11.0 Å².